The van der Waals surface area contributed by atoms with E-state index in [2.05, 4.69) is 16.9 Å². The van der Waals surface area contributed by atoms with E-state index in [9.17, 15) is 23.5 Å². The molecule has 12 heteroatoms. The third-order valence-corrected chi connectivity index (χ3v) is 7.07. The van der Waals surface area contributed by atoms with Crippen molar-refractivity contribution in [3.05, 3.63) is 63.1 Å². The Labute approximate surface area is 196 Å². The average molecular weight is 490 g/mol. The minimum Gasteiger partial charge on any atom is -0.503 e. The normalized spacial score (nSPS) is 23.6. The van der Waals surface area contributed by atoms with Crippen molar-refractivity contribution in [1.82, 2.24) is 9.47 Å². The van der Waals surface area contributed by atoms with Crippen LogP contribution in [0.2, 0.25) is 0 Å². The van der Waals surface area contributed by atoms with E-state index in [4.69, 9.17) is 9.47 Å². The standard InChI is InChI=1S/C22H20F2N4O5S/c1-25-26-17(4-11-2-3-13(23)5-14(11)24)34-10-12-6-27-7-18-28(15-8-32-9-16(15)33-18)22(31)19(27)21(30)20(12)29/h2-3,5-6,15-16,18,30H,1,4,7-10H2/b26-17-/t15-,16+,18?/m1/s1. The molecule has 0 bridgehead atoms. The van der Waals surface area contributed by atoms with Crippen LogP contribution in [-0.4, -0.2) is 63.8 Å². The van der Waals surface area contributed by atoms with Gasteiger partial charge in [-0.1, -0.05) is 6.07 Å². The molecule has 0 radical (unpaired) electrons. The number of hydrogen-bond acceptors (Lipinski definition) is 8. The Kier molecular flexibility index (Phi) is 5.96. The number of ether oxygens (including phenoxy) is 2. The molecule has 1 aromatic carbocycles. The van der Waals surface area contributed by atoms with Gasteiger partial charge < -0.3 is 24.0 Å². The Balaban J connectivity index is 1.38. The molecule has 2 saturated heterocycles. The molecule has 178 valence electrons. The van der Waals surface area contributed by atoms with Gasteiger partial charge in [0.15, 0.2) is 17.7 Å². The number of hydrogen-bond donors (Lipinski definition) is 1. The number of amides is 1. The Morgan fingerprint density at radius 2 is 2.09 bits per heavy atom. The summed E-state index contributed by atoms with van der Waals surface area (Å²) >= 11 is 1.10. The lowest BCUT2D eigenvalue weighted by Gasteiger charge is -2.34. The van der Waals surface area contributed by atoms with Gasteiger partial charge >= 0.3 is 0 Å². The van der Waals surface area contributed by atoms with Crippen LogP contribution in [-0.2, 0) is 28.2 Å². The third kappa shape index (κ3) is 3.91. The van der Waals surface area contributed by atoms with E-state index in [1.54, 1.807) is 4.90 Å². The first-order chi connectivity index (χ1) is 16.4. The molecule has 1 aromatic heterocycles. The summed E-state index contributed by atoms with van der Waals surface area (Å²) in [6.07, 6.45) is 0.794. The van der Waals surface area contributed by atoms with Crippen LogP contribution in [0, 0.1) is 11.6 Å². The van der Waals surface area contributed by atoms with Gasteiger partial charge in [-0.15, -0.1) is 16.9 Å². The first-order valence-corrected chi connectivity index (χ1v) is 11.5. The van der Waals surface area contributed by atoms with Crippen LogP contribution < -0.4 is 5.43 Å². The zero-order chi connectivity index (χ0) is 24.0. The van der Waals surface area contributed by atoms with Crippen molar-refractivity contribution < 1.29 is 28.2 Å². The minimum absolute atomic E-state index is 0.0161. The summed E-state index contributed by atoms with van der Waals surface area (Å²) in [6.45, 7) is 4.31. The van der Waals surface area contributed by atoms with E-state index in [0.29, 0.717) is 18.3 Å². The maximum absolute atomic E-state index is 14.1. The van der Waals surface area contributed by atoms with Crippen molar-refractivity contribution in [2.45, 2.75) is 37.1 Å². The minimum atomic E-state index is -0.723. The highest BCUT2D eigenvalue weighted by molar-refractivity contribution is 8.13. The monoisotopic (exact) mass is 490 g/mol. The smallest absolute Gasteiger partial charge is 0.277 e. The average Bonchev–Trinajstić information content (AvgIpc) is 3.38. The summed E-state index contributed by atoms with van der Waals surface area (Å²) in [6, 6.07) is 2.98. The van der Waals surface area contributed by atoms with Gasteiger partial charge in [0.1, 0.15) is 22.8 Å². The number of thioether (sulfide) groups is 1. The van der Waals surface area contributed by atoms with Crippen molar-refractivity contribution >= 4 is 29.4 Å². The number of fused-ring (bicyclic) bond motifs is 4. The topological polar surface area (TPSA) is 106 Å². The van der Waals surface area contributed by atoms with Crippen LogP contribution >= 0.6 is 11.8 Å². The number of aromatic hydroxyl groups is 1. The maximum Gasteiger partial charge on any atom is 0.277 e. The fraction of sp³-hybridized carbons (Fsp3) is 0.364. The predicted molar refractivity (Wildman–Crippen MR) is 120 cm³/mol. The largest absolute Gasteiger partial charge is 0.503 e. The van der Waals surface area contributed by atoms with Crippen LogP contribution in [0.1, 0.15) is 21.6 Å². The van der Waals surface area contributed by atoms with Crippen LogP contribution in [0.15, 0.2) is 39.4 Å². The molecule has 0 spiro atoms. The van der Waals surface area contributed by atoms with E-state index in [-0.39, 0.29) is 47.7 Å². The Hall–Kier alpha value is -3.09. The zero-order valence-corrected chi connectivity index (χ0v) is 18.6. The van der Waals surface area contributed by atoms with E-state index in [1.165, 1.54) is 16.8 Å². The summed E-state index contributed by atoms with van der Waals surface area (Å²) < 4.78 is 40.1. The third-order valence-electron chi connectivity index (χ3n) is 6.05. The number of carbonyl (C=O) groups excluding carboxylic acids is 1. The van der Waals surface area contributed by atoms with Crippen LogP contribution in [0.25, 0.3) is 0 Å². The molecule has 2 aromatic rings. The summed E-state index contributed by atoms with van der Waals surface area (Å²) in [5.74, 6) is -2.45. The number of halogens is 2. The van der Waals surface area contributed by atoms with Gasteiger partial charge in [-0.05, 0) is 11.6 Å². The fourth-order valence-corrected chi connectivity index (χ4v) is 5.36. The SMILES string of the molecule is C=N/N=C(/Cc1ccc(F)cc1F)SCc1cn2c(c(O)c1=O)C(=O)N1C(C2)O[C@H]2COC[C@H]21. The Morgan fingerprint density at radius 3 is 2.85 bits per heavy atom. The van der Waals surface area contributed by atoms with Gasteiger partial charge in [0, 0.05) is 36.7 Å². The second-order valence-corrected chi connectivity index (χ2v) is 9.16. The van der Waals surface area contributed by atoms with Crippen molar-refractivity contribution in [3.8, 4) is 5.75 Å². The highest BCUT2D eigenvalue weighted by atomic mass is 32.2. The lowest BCUT2D eigenvalue weighted by atomic mass is 10.1. The van der Waals surface area contributed by atoms with Crippen LogP contribution in [0.5, 0.6) is 5.75 Å². The first-order valence-electron chi connectivity index (χ1n) is 10.5. The molecule has 5 rings (SSSR count). The molecule has 0 saturated carbocycles. The molecule has 1 N–H and O–H groups in total. The second kappa shape index (κ2) is 8.93. The van der Waals surface area contributed by atoms with Crippen molar-refractivity contribution in [2.75, 3.05) is 13.2 Å². The van der Waals surface area contributed by atoms with Gasteiger partial charge in [0.2, 0.25) is 5.43 Å². The maximum atomic E-state index is 14.1. The molecule has 0 aliphatic carbocycles. The van der Waals surface area contributed by atoms with E-state index in [0.717, 1.165) is 23.9 Å². The van der Waals surface area contributed by atoms with E-state index >= 15 is 0 Å². The summed E-state index contributed by atoms with van der Waals surface area (Å²) in [5.41, 5.74) is -0.324. The molecule has 4 heterocycles. The van der Waals surface area contributed by atoms with Crippen LogP contribution in [0.4, 0.5) is 8.78 Å². The lowest BCUT2D eigenvalue weighted by molar-refractivity contribution is -0.0382. The predicted octanol–water partition coefficient (Wildman–Crippen LogP) is 1.90. The number of benzene rings is 1. The summed E-state index contributed by atoms with van der Waals surface area (Å²) in [5, 5.41) is 18.3. The van der Waals surface area contributed by atoms with Crippen LogP contribution in [0.3, 0.4) is 0 Å². The lowest BCUT2D eigenvalue weighted by Crippen LogP contribution is -2.50. The number of nitrogens with zero attached hydrogens (tertiary/aromatic N) is 4. The quantitative estimate of drug-likeness (QED) is 0.390. The number of aromatic nitrogens is 1. The highest BCUT2D eigenvalue weighted by Crippen LogP contribution is 2.35. The van der Waals surface area contributed by atoms with Crippen molar-refractivity contribution in [2.24, 2.45) is 10.2 Å². The van der Waals surface area contributed by atoms with E-state index < -0.39 is 34.9 Å². The van der Waals surface area contributed by atoms with Crippen molar-refractivity contribution in [1.29, 1.82) is 0 Å². The molecule has 3 aliphatic rings. The van der Waals surface area contributed by atoms with Gasteiger partial charge in [-0.2, -0.15) is 5.10 Å². The molecule has 3 aliphatic heterocycles. The van der Waals surface area contributed by atoms with Gasteiger partial charge in [-0.3, -0.25) is 9.59 Å². The first kappa shape index (κ1) is 22.7. The molecular weight excluding hydrogens is 470 g/mol. The second-order valence-electron chi connectivity index (χ2n) is 8.12. The molecule has 34 heavy (non-hydrogen) atoms. The number of pyridine rings is 1. The van der Waals surface area contributed by atoms with Gasteiger partial charge in [0.05, 0.1) is 25.8 Å². The van der Waals surface area contributed by atoms with Gasteiger partial charge in [0.25, 0.3) is 5.91 Å². The summed E-state index contributed by atoms with van der Waals surface area (Å²) in [7, 11) is 0. The zero-order valence-electron chi connectivity index (χ0n) is 17.8. The Morgan fingerprint density at radius 1 is 1.26 bits per heavy atom. The van der Waals surface area contributed by atoms with Crippen molar-refractivity contribution in [3.63, 3.8) is 0 Å². The molecule has 1 amide bonds. The molecular formula is C22H20F2N4O5S. The highest BCUT2D eigenvalue weighted by Gasteiger charge is 2.51. The summed E-state index contributed by atoms with van der Waals surface area (Å²) in [4.78, 5) is 27.5. The molecule has 1 unspecified atom stereocenters. The van der Waals surface area contributed by atoms with Gasteiger partial charge in [-0.25, -0.2) is 8.78 Å². The van der Waals surface area contributed by atoms with E-state index in [1.807, 2.05) is 0 Å². The molecule has 2 fully saturated rings. The number of rotatable bonds is 5. The Bertz CT molecular complexity index is 1270. The number of carbonyl (C=O) groups is 1. The molecule has 3 atom stereocenters. The fourth-order valence-electron chi connectivity index (χ4n) is 4.46. The molecule has 9 nitrogen and oxygen atoms in total.